The van der Waals surface area contributed by atoms with Crippen molar-refractivity contribution < 1.29 is 5.21 Å². The van der Waals surface area contributed by atoms with Crippen molar-refractivity contribution in [1.29, 1.82) is 0 Å². The van der Waals surface area contributed by atoms with Crippen LogP contribution in [0, 0.1) is 6.92 Å². The quantitative estimate of drug-likeness (QED) is 0.295. The number of aromatic nitrogens is 2. The SMILES string of the molecule is CCC(Nc1cn(C)nc1C)C(N)=NO. The summed E-state index contributed by atoms with van der Waals surface area (Å²) in [7, 11) is 1.85. The van der Waals surface area contributed by atoms with Crippen LogP contribution in [-0.4, -0.2) is 26.9 Å². The molecule has 0 bridgehead atoms. The largest absolute Gasteiger partial charge is 0.409 e. The molecule has 6 nitrogen and oxygen atoms in total. The highest BCUT2D eigenvalue weighted by Crippen LogP contribution is 2.13. The molecule has 1 unspecified atom stereocenters. The maximum Gasteiger partial charge on any atom is 0.161 e. The number of rotatable bonds is 4. The molecule has 0 fully saturated rings. The Kier molecular flexibility index (Phi) is 3.54. The van der Waals surface area contributed by atoms with E-state index >= 15 is 0 Å². The van der Waals surface area contributed by atoms with Crippen LogP contribution in [0.4, 0.5) is 5.69 Å². The van der Waals surface area contributed by atoms with Gasteiger partial charge in [-0.3, -0.25) is 4.68 Å². The van der Waals surface area contributed by atoms with E-state index in [1.165, 1.54) is 0 Å². The second-order valence-corrected chi connectivity index (χ2v) is 3.43. The highest BCUT2D eigenvalue weighted by atomic mass is 16.4. The highest BCUT2D eigenvalue weighted by Gasteiger charge is 2.13. The third-order valence-corrected chi connectivity index (χ3v) is 2.22. The molecule has 0 saturated heterocycles. The van der Waals surface area contributed by atoms with Crippen molar-refractivity contribution in [2.24, 2.45) is 17.9 Å². The highest BCUT2D eigenvalue weighted by molar-refractivity contribution is 5.87. The molecule has 6 heteroatoms. The second kappa shape index (κ2) is 4.68. The molecule has 4 N–H and O–H groups in total. The number of nitrogens with one attached hydrogen (secondary N) is 1. The third-order valence-electron chi connectivity index (χ3n) is 2.22. The molecule has 1 rings (SSSR count). The van der Waals surface area contributed by atoms with Gasteiger partial charge in [0.25, 0.3) is 0 Å². The Morgan fingerprint density at radius 1 is 1.80 bits per heavy atom. The maximum absolute atomic E-state index is 8.59. The molecule has 0 aliphatic carbocycles. The Balaban J connectivity index is 2.79. The number of aryl methyl sites for hydroxylation is 2. The van der Waals surface area contributed by atoms with Crippen LogP contribution in [0.1, 0.15) is 19.0 Å². The Hall–Kier alpha value is -1.72. The minimum absolute atomic E-state index is 0.169. The summed E-state index contributed by atoms with van der Waals surface area (Å²) >= 11 is 0. The van der Waals surface area contributed by atoms with E-state index in [0.29, 0.717) is 0 Å². The zero-order valence-corrected chi connectivity index (χ0v) is 9.23. The fourth-order valence-corrected chi connectivity index (χ4v) is 1.38. The van der Waals surface area contributed by atoms with Gasteiger partial charge in [0.2, 0.25) is 0 Å². The van der Waals surface area contributed by atoms with Gasteiger partial charge in [0.1, 0.15) is 0 Å². The van der Waals surface area contributed by atoms with Crippen LogP contribution in [0.3, 0.4) is 0 Å². The second-order valence-electron chi connectivity index (χ2n) is 3.43. The van der Waals surface area contributed by atoms with E-state index in [1.807, 2.05) is 27.1 Å². The van der Waals surface area contributed by atoms with Gasteiger partial charge in [0.15, 0.2) is 5.84 Å². The van der Waals surface area contributed by atoms with Crippen LogP contribution in [-0.2, 0) is 7.05 Å². The summed E-state index contributed by atoms with van der Waals surface area (Å²) in [6.07, 6.45) is 2.60. The zero-order chi connectivity index (χ0) is 11.4. The number of amidine groups is 1. The summed E-state index contributed by atoms with van der Waals surface area (Å²) in [5.41, 5.74) is 7.33. The van der Waals surface area contributed by atoms with E-state index in [-0.39, 0.29) is 11.9 Å². The molecule has 0 aliphatic heterocycles. The summed E-state index contributed by atoms with van der Waals surface area (Å²) in [4.78, 5) is 0. The molecular weight excluding hydrogens is 194 g/mol. The number of nitrogens with two attached hydrogens (primary N) is 1. The van der Waals surface area contributed by atoms with Crippen molar-refractivity contribution in [2.45, 2.75) is 26.3 Å². The lowest BCUT2D eigenvalue weighted by Gasteiger charge is -2.15. The van der Waals surface area contributed by atoms with Crippen molar-refractivity contribution in [1.82, 2.24) is 9.78 Å². The topological polar surface area (TPSA) is 88.5 Å². The molecule has 15 heavy (non-hydrogen) atoms. The van der Waals surface area contributed by atoms with Crippen molar-refractivity contribution in [3.63, 3.8) is 0 Å². The van der Waals surface area contributed by atoms with Gasteiger partial charge in [-0.25, -0.2) is 0 Å². The van der Waals surface area contributed by atoms with Crippen LogP contribution < -0.4 is 11.1 Å². The molecule has 0 radical (unpaired) electrons. The number of nitrogens with zero attached hydrogens (tertiary/aromatic N) is 3. The average molecular weight is 211 g/mol. The predicted octanol–water partition coefficient (Wildman–Crippen LogP) is 0.665. The van der Waals surface area contributed by atoms with Gasteiger partial charge in [-0.2, -0.15) is 5.10 Å². The van der Waals surface area contributed by atoms with E-state index in [9.17, 15) is 0 Å². The zero-order valence-electron chi connectivity index (χ0n) is 9.23. The molecule has 0 saturated carbocycles. The normalized spacial score (nSPS) is 13.9. The minimum Gasteiger partial charge on any atom is -0.409 e. The third kappa shape index (κ3) is 2.61. The van der Waals surface area contributed by atoms with Crippen LogP contribution >= 0.6 is 0 Å². The first-order valence-corrected chi connectivity index (χ1v) is 4.82. The number of hydrogen-bond acceptors (Lipinski definition) is 4. The van der Waals surface area contributed by atoms with Crippen molar-refractivity contribution in [2.75, 3.05) is 5.32 Å². The predicted molar refractivity (Wildman–Crippen MR) is 59.1 cm³/mol. The van der Waals surface area contributed by atoms with Gasteiger partial charge in [-0.05, 0) is 13.3 Å². The summed E-state index contributed by atoms with van der Waals surface area (Å²) in [6.45, 7) is 3.86. The van der Waals surface area contributed by atoms with Gasteiger partial charge in [-0.1, -0.05) is 12.1 Å². The van der Waals surface area contributed by atoms with E-state index < -0.39 is 0 Å². The van der Waals surface area contributed by atoms with Crippen LogP contribution in [0.15, 0.2) is 11.4 Å². The summed E-state index contributed by atoms with van der Waals surface area (Å²) < 4.78 is 1.72. The van der Waals surface area contributed by atoms with E-state index in [2.05, 4.69) is 15.6 Å². The number of oxime groups is 1. The van der Waals surface area contributed by atoms with E-state index in [0.717, 1.165) is 17.8 Å². The first kappa shape index (κ1) is 11.4. The van der Waals surface area contributed by atoms with Gasteiger partial charge in [-0.15, -0.1) is 0 Å². The van der Waals surface area contributed by atoms with E-state index in [4.69, 9.17) is 10.9 Å². The molecule has 0 amide bonds. The summed E-state index contributed by atoms with van der Waals surface area (Å²) in [6, 6.07) is -0.169. The first-order chi connectivity index (χ1) is 7.08. The Morgan fingerprint density at radius 3 is 2.87 bits per heavy atom. The lowest BCUT2D eigenvalue weighted by atomic mass is 10.2. The van der Waals surface area contributed by atoms with Crippen LogP contribution in [0.5, 0.6) is 0 Å². The standard InChI is InChI=1S/C9H17N5O/c1-4-7(9(10)13-15)11-8-5-14(3)12-6(8)2/h5,7,11,15H,4H2,1-3H3,(H2,10,13). The van der Waals surface area contributed by atoms with Crippen LogP contribution in [0.25, 0.3) is 0 Å². The van der Waals surface area contributed by atoms with Crippen molar-refractivity contribution in [3.05, 3.63) is 11.9 Å². The first-order valence-electron chi connectivity index (χ1n) is 4.82. The smallest absolute Gasteiger partial charge is 0.161 e. The number of hydrogen-bond donors (Lipinski definition) is 3. The fraction of sp³-hybridized carbons (Fsp3) is 0.556. The maximum atomic E-state index is 8.59. The molecule has 1 aromatic heterocycles. The summed E-state index contributed by atoms with van der Waals surface area (Å²) in [5, 5.41) is 19.0. The molecule has 84 valence electrons. The molecule has 0 spiro atoms. The van der Waals surface area contributed by atoms with Gasteiger partial charge < -0.3 is 16.3 Å². The lowest BCUT2D eigenvalue weighted by molar-refractivity contribution is 0.316. The van der Waals surface area contributed by atoms with E-state index in [1.54, 1.807) is 4.68 Å². The average Bonchev–Trinajstić information content (AvgIpc) is 2.52. The van der Waals surface area contributed by atoms with Gasteiger partial charge in [0, 0.05) is 13.2 Å². The fourth-order valence-electron chi connectivity index (χ4n) is 1.38. The van der Waals surface area contributed by atoms with Crippen molar-refractivity contribution in [3.8, 4) is 0 Å². The van der Waals surface area contributed by atoms with Crippen molar-refractivity contribution >= 4 is 11.5 Å². The lowest BCUT2D eigenvalue weighted by Crippen LogP contribution is -2.35. The number of anilines is 1. The molecule has 1 heterocycles. The Morgan fingerprint density at radius 2 is 2.47 bits per heavy atom. The van der Waals surface area contributed by atoms with Gasteiger partial charge in [0.05, 0.1) is 17.4 Å². The Bertz CT molecular complexity index is 357. The monoisotopic (exact) mass is 211 g/mol. The molecule has 1 aromatic rings. The summed E-state index contributed by atoms with van der Waals surface area (Å²) in [5.74, 6) is 0.181. The molecular formula is C9H17N5O. The minimum atomic E-state index is -0.169. The molecule has 0 aromatic carbocycles. The molecule has 0 aliphatic rings. The van der Waals surface area contributed by atoms with Crippen LogP contribution in [0.2, 0.25) is 0 Å². The molecule has 1 atom stereocenters. The Labute approximate surface area is 88.8 Å². The van der Waals surface area contributed by atoms with Gasteiger partial charge >= 0.3 is 0 Å².